The van der Waals surface area contributed by atoms with Gasteiger partial charge in [-0.2, -0.15) is 0 Å². The van der Waals surface area contributed by atoms with Crippen LogP contribution in [0.4, 0.5) is 0 Å². The van der Waals surface area contributed by atoms with Gasteiger partial charge >= 0.3 is 0 Å². The van der Waals surface area contributed by atoms with Crippen LogP contribution in [-0.4, -0.2) is 53.7 Å². The first-order valence-corrected chi connectivity index (χ1v) is 12.6. The third-order valence-corrected chi connectivity index (χ3v) is 8.91. The van der Waals surface area contributed by atoms with Crippen molar-refractivity contribution >= 4 is 27.5 Å². The molecular formula is C24H33N3O3S. The molecule has 0 radical (unpaired) electrons. The van der Waals surface area contributed by atoms with Crippen LogP contribution < -0.4 is 10.5 Å². The lowest BCUT2D eigenvalue weighted by atomic mass is 9.77. The van der Waals surface area contributed by atoms with Crippen molar-refractivity contribution in [3.05, 3.63) is 22.7 Å². The Labute approximate surface area is 188 Å². The maximum absolute atomic E-state index is 11.6. The molecule has 1 saturated heterocycles. The molecule has 0 spiro atoms. The van der Waals surface area contributed by atoms with Crippen LogP contribution >= 0.6 is 11.3 Å². The smallest absolute Gasteiger partial charge is 0.218 e. The molecule has 5 rings (SSSR count). The zero-order valence-corrected chi connectivity index (χ0v) is 19.2. The lowest BCUT2D eigenvalue weighted by molar-refractivity contribution is -0.118. The summed E-state index contributed by atoms with van der Waals surface area (Å²) in [6, 6.07) is 2.01. The third-order valence-electron chi connectivity index (χ3n) is 7.74. The Bertz CT molecular complexity index is 945. The fourth-order valence-corrected chi connectivity index (χ4v) is 7.29. The van der Waals surface area contributed by atoms with Gasteiger partial charge in [0, 0.05) is 36.1 Å². The van der Waals surface area contributed by atoms with Gasteiger partial charge in [-0.15, -0.1) is 11.3 Å². The van der Waals surface area contributed by atoms with Crippen LogP contribution in [0.2, 0.25) is 0 Å². The number of pyridine rings is 1. The molecule has 31 heavy (non-hydrogen) atoms. The minimum atomic E-state index is -0.227. The Morgan fingerprint density at radius 2 is 2.10 bits per heavy atom. The summed E-state index contributed by atoms with van der Waals surface area (Å²) in [7, 11) is 0. The van der Waals surface area contributed by atoms with Crippen molar-refractivity contribution in [3.8, 4) is 5.75 Å². The Morgan fingerprint density at radius 3 is 2.81 bits per heavy atom. The number of morpholine rings is 1. The molecule has 2 aliphatic carbocycles. The first kappa shape index (κ1) is 21.2. The van der Waals surface area contributed by atoms with E-state index >= 15 is 0 Å². The molecule has 0 aromatic carbocycles. The standard InChI is InChI=1S/C24H33N3O3S/c1-2-24(27-11-13-29-14-12-27)8-5-17(6-9-24)30-18-7-10-26-23-22(18)21-16(15-20(25)28)3-4-19(21)31-23/h7,10,16-17H,2-6,8-9,11-15H2,1H3,(H2,25,28)/t16-,17?,24?/m1/s1. The molecule has 1 atom stereocenters. The molecule has 0 bridgehead atoms. The van der Waals surface area contributed by atoms with Crippen molar-refractivity contribution in [2.45, 2.75) is 75.9 Å². The molecule has 6 nitrogen and oxygen atoms in total. The predicted molar refractivity (Wildman–Crippen MR) is 123 cm³/mol. The zero-order chi connectivity index (χ0) is 21.4. The van der Waals surface area contributed by atoms with Crippen LogP contribution in [0.1, 0.15) is 68.2 Å². The molecule has 168 valence electrons. The van der Waals surface area contributed by atoms with Gasteiger partial charge in [-0.3, -0.25) is 9.69 Å². The van der Waals surface area contributed by atoms with Crippen molar-refractivity contribution in [2.24, 2.45) is 5.73 Å². The van der Waals surface area contributed by atoms with Crippen LogP contribution in [0.3, 0.4) is 0 Å². The third kappa shape index (κ3) is 3.96. The highest BCUT2D eigenvalue weighted by Gasteiger charge is 2.40. The van der Waals surface area contributed by atoms with E-state index in [2.05, 4.69) is 16.8 Å². The average Bonchev–Trinajstić information content (AvgIpc) is 3.35. The number of aromatic nitrogens is 1. The summed E-state index contributed by atoms with van der Waals surface area (Å²) in [5.41, 5.74) is 7.11. The molecule has 0 unspecified atom stereocenters. The fraction of sp³-hybridized carbons (Fsp3) is 0.667. The number of hydrogen-bond donors (Lipinski definition) is 1. The highest BCUT2D eigenvalue weighted by atomic mass is 32.1. The van der Waals surface area contributed by atoms with E-state index in [1.54, 1.807) is 11.3 Å². The lowest BCUT2D eigenvalue weighted by Crippen LogP contribution is -2.55. The van der Waals surface area contributed by atoms with Crippen molar-refractivity contribution in [3.63, 3.8) is 0 Å². The fourth-order valence-electron chi connectivity index (χ4n) is 6.03. The molecule has 1 saturated carbocycles. The summed E-state index contributed by atoms with van der Waals surface area (Å²) in [5, 5.41) is 1.13. The number of rotatable bonds is 6. The molecule has 1 amide bonds. The molecule has 3 aliphatic rings. The number of fused-ring (bicyclic) bond motifs is 3. The molecule has 2 aromatic rings. The minimum absolute atomic E-state index is 0.202. The van der Waals surface area contributed by atoms with E-state index in [0.29, 0.717) is 12.0 Å². The van der Waals surface area contributed by atoms with Gasteiger partial charge in [-0.05, 0) is 62.5 Å². The van der Waals surface area contributed by atoms with Crippen molar-refractivity contribution < 1.29 is 14.3 Å². The summed E-state index contributed by atoms with van der Waals surface area (Å²) in [6.07, 6.45) is 10.2. The number of aryl methyl sites for hydroxylation is 1. The van der Waals surface area contributed by atoms with Gasteiger partial charge < -0.3 is 15.2 Å². The molecule has 2 fully saturated rings. The number of hydrogen-bond acceptors (Lipinski definition) is 6. The molecule has 1 aliphatic heterocycles. The molecule has 2 aromatic heterocycles. The number of nitrogens with two attached hydrogens (primary N) is 1. The minimum Gasteiger partial charge on any atom is -0.490 e. The van der Waals surface area contributed by atoms with Crippen molar-refractivity contribution in [2.75, 3.05) is 26.3 Å². The number of carbonyl (C=O) groups is 1. The maximum atomic E-state index is 11.6. The van der Waals surface area contributed by atoms with Gasteiger partial charge in [0.2, 0.25) is 5.91 Å². The van der Waals surface area contributed by atoms with Gasteiger partial charge in [0.15, 0.2) is 0 Å². The maximum Gasteiger partial charge on any atom is 0.218 e. The number of nitrogens with zero attached hydrogens (tertiary/aromatic N) is 2. The van der Waals surface area contributed by atoms with Gasteiger partial charge in [0.1, 0.15) is 10.6 Å². The van der Waals surface area contributed by atoms with E-state index in [0.717, 1.165) is 68.0 Å². The van der Waals surface area contributed by atoms with Crippen LogP contribution in [0, 0.1) is 0 Å². The second kappa shape index (κ2) is 8.68. The predicted octanol–water partition coefficient (Wildman–Crippen LogP) is 4.00. The van der Waals surface area contributed by atoms with Crippen LogP contribution in [0.15, 0.2) is 12.3 Å². The number of ether oxygens (including phenoxy) is 2. The Kier molecular flexibility index (Phi) is 5.92. The highest BCUT2D eigenvalue weighted by molar-refractivity contribution is 7.19. The Morgan fingerprint density at radius 1 is 1.32 bits per heavy atom. The summed E-state index contributed by atoms with van der Waals surface area (Å²) < 4.78 is 12.2. The Balaban J connectivity index is 1.34. The van der Waals surface area contributed by atoms with Crippen LogP contribution in [0.25, 0.3) is 10.2 Å². The average molecular weight is 444 g/mol. The monoisotopic (exact) mass is 443 g/mol. The molecule has 2 N–H and O–H groups in total. The number of primary amides is 1. The van der Waals surface area contributed by atoms with Crippen LogP contribution in [-0.2, 0) is 16.0 Å². The van der Waals surface area contributed by atoms with Crippen LogP contribution in [0.5, 0.6) is 5.75 Å². The largest absolute Gasteiger partial charge is 0.490 e. The summed E-state index contributed by atoms with van der Waals surface area (Å²) in [6.45, 7) is 6.13. The lowest BCUT2D eigenvalue weighted by Gasteiger charge is -2.49. The number of thiophene rings is 1. The van der Waals surface area contributed by atoms with E-state index < -0.39 is 0 Å². The van der Waals surface area contributed by atoms with E-state index in [-0.39, 0.29) is 17.9 Å². The normalized spacial score (nSPS) is 29.2. The Hall–Kier alpha value is -1.70. The van der Waals surface area contributed by atoms with E-state index in [9.17, 15) is 4.79 Å². The quantitative estimate of drug-likeness (QED) is 0.730. The van der Waals surface area contributed by atoms with Gasteiger partial charge in [-0.1, -0.05) is 6.92 Å². The first-order chi connectivity index (χ1) is 15.1. The second-order valence-corrected chi connectivity index (χ2v) is 10.4. The number of carbonyl (C=O) groups excluding carboxylic acids is 1. The van der Waals surface area contributed by atoms with Crippen molar-refractivity contribution in [1.29, 1.82) is 0 Å². The number of amides is 1. The second-order valence-electron chi connectivity index (χ2n) is 9.33. The first-order valence-electron chi connectivity index (χ1n) is 11.8. The van der Waals surface area contributed by atoms with Gasteiger partial charge in [0.05, 0.1) is 24.7 Å². The molecule has 7 heteroatoms. The van der Waals surface area contributed by atoms with E-state index in [1.807, 2.05) is 12.3 Å². The van der Waals surface area contributed by atoms with Crippen molar-refractivity contribution in [1.82, 2.24) is 9.88 Å². The summed E-state index contributed by atoms with van der Waals surface area (Å²) in [5.74, 6) is 0.919. The molecular weight excluding hydrogens is 410 g/mol. The van der Waals surface area contributed by atoms with E-state index in [4.69, 9.17) is 15.2 Å². The summed E-state index contributed by atoms with van der Waals surface area (Å²) in [4.78, 5) is 21.3. The highest BCUT2D eigenvalue weighted by Crippen LogP contribution is 2.48. The topological polar surface area (TPSA) is 77.7 Å². The zero-order valence-electron chi connectivity index (χ0n) is 18.4. The van der Waals surface area contributed by atoms with Gasteiger partial charge in [0.25, 0.3) is 0 Å². The SMILES string of the molecule is CCC1(N2CCOCC2)CCC(Oc2ccnc3sc4c(c23)[C@@H](CC(N)=O)CC4)CC1. The van der Waals surface area contributed by atoms with E-state index in [1.165, 1.54) is 29.7 Å². The summed E-state index contributed by atoms with van der Waals surface area (Å²) >= 11 is 1.75. The van der Waals surface area contributed by atoms with Gasteiger partial charge in [-0.25, -0.2) is 4.98 Å². The molecule has 3 heterocycles.